The Balaban J connectivity index is 0.000000167. The summed E-state index contributed by atoms with van der Waals surface area (Å²) in [5.41, 5.74) is 2.89. The van der Waals surface area contributed by atoms with Gasteiger partial charge in [-0.3, -0.25) is 53.1 Å². The first-order valence-electron chi connectivity index (χ1n) is 31.6. The van der Waals surface area contributed by atoms with Gasteiger partial charge in [-0.1, -0.05) is 66.0 Å². The Morgan fingerprint density at radius 3 is 1.31 bits per heavy atom. The van der Waals surface area contributed by atoms with Crippen LogP contribution in [0.1, 0.15) is 77.0 Å². The summed E-state index contributed by atoms with van der Waals surface area (Å²) in [6, 6.07) is 7.42. The number of nitrogens with one attached hydrogen (secondary N) is 3. The largest absolute Gasteiger partial charge is 0.481 e. The van der Waals surface area contributed by atoms with Crippen LogP contribution in [0, 0.1) is 23.4 Å². The van der Waals surface area contributed by atoms with Gasteiger partial charge in [0, 0.05) is 127 Å². The van der Waals surface area contributed by atoms with E-state index < -0.39 is 119 Å². The van der Waals surface area contributed by atoms with Crippen LogP contribution in [-0.2, 0) is 58.6 Å². The fraction of sp³-hybridized carbons (Fsp3) is 0.348. The molecule has 3 aromatic heterocycles. The van der Waals surface area contributed by atoms with Crippen molar-refractivity contribution in [3.8, 4) is 0 Å². The lowest BCUT2D eigenvalue weighted by Gasteiger charge is -2.35. The molecule has 0 amide bonds. The fourth-order valence-corrected chi connectivity index (χ4v) is 16.7. The second-order valence-electron chi connectivity index (χ2n) is 23.3. The number of aromatic nitrogens is 3. The van der Waals surface area contributed by atoms with Gasteiger partial charge in [-0.2, -0.15) is 0 Å². The van der Waals surface area contributed by atoms with Crippen LogP contribution in [0.2, 0.25) is 0 Å². The Hall–Kier alpha value is -8.21. The lowest BCUT2D eigenvalue weighted by atomic mass is 9.95. The molecule has 38 heteroatoms. The molecule has 550 valence electrons. The van der Waals surface area contributed by atoms with Crippen LogP contribution >= 0.6 is 81.8 Å². The molecule has 0 radical (unpaired) electrons. The molecule has 9 heterocycles. The Labute approximate surface area is 629 Å². The number of nitrogens with zero attached hydrogens (tertiary/aromatic N) is 9. The molecule has 26 nitrogen and oxygen atoms in total. The van der Waals surface area contributed by atoms with Gasteiger partial charge in [-0.15, -0.1) is 34.0 Å². The van der Waals surface area contributed by atoms with Gasteiger partial charge in [0.05, 0.1) is 49.6 Å². The highest BCUT2D eigenvalue weighted by Gasteiger charge is 2.53. The summed E-state index contributed by atoms with van der Waals surface area (Å²) in [7, 11) is -1.24. The number of alkyl halides is 2. The number of hydrogen-bond donors (Lipinski definition) is 6. The minimum absolute atomic E-state index is 0.00226. The second-order valence-corrected chi connectivity index (χ2v) is 30.2. The van der Waals surface area contributed by atoms with E-state index in [9.17, 15) is 75.0 Å². The number of aliphatic imine (C=N–C) groups is 3. The average molecular weight is 1710 g/mol. The zero-order valence-corrected chi connectivity index (χ0v) is 62.9. The van der Waals surface area contributed by atoms with Gasteiger partial charge in [0.2, 0.25) is 0 Å². The number of ketones is 1. The number of rotatable bonds is 21. The molecule has 0 spiro atoms. The van der Waals surface area contributed by atoms with Crippen molar-refractivity contribution in [1.29, 1.82) is 0 Å². The van der Waals surface area contributed by atoms with E-state index in [1.807, 2.05) is 0 Å². The van der Waals surface area contributed by atoms with Crippen LogP contribution in [0.15, 0.2) is 152 Å². The van der Waals surface area contributed by atoms with Crippen molar-refractivity contribution in [2.45, 2.75) is 63.3 Å². The third-order valence-electron chi connectivity index (χ3n) is 16.5. The molecule has 0 bridgehead atoms. The van der Waals surface area contributed by atoms with Crippen molar-refractivity contribution in [2.75, 3.05) is 77.1 Å². The zero-order chi connectivity index (χ0) is 74.8. The molecule has 3 aromatic carbocycles. The van der Waals surface area contributed by atoms with Crippen molar-refractivity contribution in [3.05, 3.63) is 186 Å². The Morgan fingerprint density at radius 1 is 0.587 bits per heavy atom. The van der Waals surface area contributed by atoms with E-state index >= 15 is 0 Å². The first-order chi connectivity index (χ1) is 49.7. The number of esters is 3. The molecule has 0 saturated carbocycles. The maximum absolute atomic E-state index is 14.3. The summed E-state index contributed by atoms with van der Waals surface area (Å²) < 4.78 is 99.3. The van der Waals surface area contributed by atoms with Gasteiger partial charge < -0.3 is 45.5 Å². The van der Waals surface area contributed by atoms with E-state index in [1.165, 1.54) is 92.3 Å². The topological polar surface area (TPSA) is 346 Å². The van der Waals surface area contributed by atoms with Crippen molar-refractivity contribution >= 4 is 152 Å². The minimum Gasteiger partial charge on any atom is -0.481 e. The van der Waals surface area contributed by atoms with Gasteiger partial charge in [0.1, 0.15) is 59.4 Å². The summed E-state index contributed by atoms with van der Waals surface area (Å²) >= 11 is 14.0. The zero-order valence-electron chi connectivity index (χ0n) is 54.8. The predicted octanol–water partition coefficient (Wildman–Crippen LogP) is 8.76. The molecule has 104 heavy (non-hydrogen) atoms. The van der Waals surface area contributed by atoms with E-state index in [0.717, 1.165) is 0 Å². The molecule has 6 N–H and O–H groups in total. The standard InChI is InChI=1S/C22H20BrF3N4O4S.C22H22BrFN4O5S2.C22H20BrFN4O5S/c1-2-34-21(33)16-15(9-30-8-13(20(31)32)22(25,26)10-30)28-18(19-27-5-6-35-19)29-17(16)12-4-3-11(24)7-14(12)23;1-2-33-22(31)17-15(10-28-6-8-35(32)11-16(28)21(29)30)26-19(20-25-5-7-34-20)27-18(17)13-4-3-12(24)9-14(13)23;1-2-33-22(32)17-15(10-28-9-12(29)8-16(28)21(30)31)26-19(20-25-5-6-34-20)27-18(17)13-4-3-11(24)7-14(13)23/h3-7,13,17H,2,8-10H2,1H3,(H,28,29)(H,31,32);3-5,7,9,16,18H,2,6,8,10-11H2,1H3,(H,26,27)(H,29,30);3-7,16,18H,2,8-10H2,1H3,(H,26,27)(H,30,31)/t;;16-,18?/m..0/s1. The molecular formula is C66H62Br3F5N12O14S4. The molecule has 6 aliphatic heterocycles. The fourth-order valence-electron chi connectivity index (χ4n) is 11.9. The van der Waals surface area contributed by atoms with Crippen molar-refractivity contribution in [1.82, 2.24) is 45.6 Å². The van der Waals surface area contributed by atoms with Crippen LogP contribution in [0.3, 0.4) is 0 Å². The number of aliphatic carboxylic acids is 3. The number of likely N-dealkylation sites (tertiary alicyclic amines) is 2. The lowest BCUT2D eigenvalue weighted by Crippen LogP contribution is -2.53. The third-order valence-corrected chi connectivity index (χ3v) is 22.3. The van der Waals surface area contributed by atoms with E-state index in [4.69, 9.17) is 24.2 Å². The number of ether oxygens (including phenoxy) is 3. The molecule has 0 aliphatic carbocycles. The SMILES string of the molecule is CCOC(=O)C1=C(CN2CC(=O)C[C@H]2C(=O)O)NC(c2nccs2)=NC1c1ccc(F)cc1Br.CCOC(=O)C1=C(CN2CC(C(=O)O)C(F)(F)C2)NC(c2nccs2)=NC1c1ccc(F)cc1Br.CCOC(=O)C1=C(CN2CCS(=O)CC2C(=O)O)NC(c2nccs2)=NC1c1ccc(F)cc1Br. The number of thiazole rings is 3. The Morgan fingerprint density at radius 2 is 0.971 bits per heavy atom. The van der Waals surface area contributed by atoms with Gasteiger partial charge in [-0.05, 0) is 73.9 Å². The molecule has 6 aliphatic rings. The highest BCUT2D eigenvalue weighted by atomic mass is 79.9. The summed E-state index contributed by atoms with van der Waals surface area (Å²) in [6.07, 6.45) is 4.68. The normalized spacial score (nSPS) is 21.9. The molecule has 3 saturated heterocycles. The molecular weight excluding hydrogens is 1650 g/mol. The number of amidine groups is 3. The van der Waals surface area contributed by atoms with E-state index in [-0.39, 0.29) is 92.9 Å². The second kappa shape index (κ2) is 34.8. The van der Waals surface area contributed by atoms with Gasteiger partial charge in [-0.25, -0.2) is 51.3 Å². The average Bonchev–Trinajstić information content (AvgIpc) is 1.34. The van der Waals surface area contributed by atoms with E-state index in [2.05, 4.69) is 83.7 Å². The monoisotopic (exact) mass is 1710 g/mol. The Kier molecular flexibility index (Phi) is 26.2. The van der Waals surface area contributed by atoms with Crippen LogP contribution in [0.25, 0.3) is 0 Å². The first-order valence-corrected chi connectivity index (χ1v) is 38.1. The number of Topliss-reactive ketones (excluding diaryl/α,β-unsaturated/α-hetero) is 1. The highest BCUT2D eigenvalue weighted by Crippen LogP contribution is 2.42. The van der Waals surface area contributed by atoms with Crippen molar-refractivity contribution in [3.63, 3.8) is 0 Å². The van der Waals surface area contributed by atoms with E-state index in [0.29, 0.717) is 79.8 Å². The van der Waals surface area contributed by atoms with Crippen LogP contribution in [-0.4, -0.2) is 203 Å². The summed E-state index contributed by atoms with van der Waals surface area (Å²) in [6.45, 7) is 4.12. The lowest BCUT2D eigenvalue weighted by molar-refractivity contribution is -0.151. The number of hydrogen-bond acceptors (Lipinski definition) is 26. The van der Waals surface area contributed by atoms with Crippen LogP contribution < -0.4 is 16.0 Å². The minimum atomic E-state index is -3.43. The summed E-state index contributed by atoms with van der Waals surface area (Å²) in [5, 5.41) is 44.8. The maximum Gasteiger partial charge on any atom is 0.338 e. The number of carboxylic acids is 3. The smallest absolute Gasteiger partial charge is 0.338 e. The number of carbonyl (C=O) groups excluding carboxylic acids is 4. The quantitative estimate of drug-likeness (QED) is 0.0223. The Bertz CT molecular complexity index is 4510. The van der Waals surface area contributed by atoms with Crippen LogP contribution in [0.4, 0.5) is 22.0 Å². The molecule has 12 rings (SSSR count). The van der Waals surface area contributed by atoms with Crippen LogP contribution in [0.5, 0.6) is 0 Å². The third kappa shape index (κ3) is 18.5. The highest BCUT2D eigenvalue weighted by molar-refractivity contribution is 9.11. The number of halogens is 8. The summed E-state index contributed by atoms with van der Waals surface area (Å²) in [5.74, 6) is -11.3. The molecule has 6 unspecified atom stereocenters. The predicted molar refractivity (Wildman–Crippen MR) is 383 cm³/mol. The molecule has 6 aromatic rings. The summed E-state index contributed by atoms with van der Waals surface area (Å²) in [4.78, 5) is 118. The number of carbonyl (C=O) groups is 7. The van der Waals surface area contributed by atoms with Gasteiger partial charge in [0.25, 0.3) is 5.92 Å². The maximum atomic E-state index is 14.3. The van der Waals surface area contributed by atoms with Crippen molar-refractivity contribution < 1.29 is 89.3 Å². The van der Waals surface area contributed by atoms with E-state index in [1.54, 1.807) is 66.5 Å². The number of carboxylic acid groups (broad SMARTS) is 3. The first kappa shape index (κ1) is 78.4. The van der Waals surface area contributed by atoms with Crippen molar-refractivity contribution in [2.24, 2.45) is 20.9 Å². The number of benzene rings is 3. The van der Waals surface area contributed by atoms with Gasteiger partial charge >= 0.3 is 35.8 Å². The van der Waals surface area contributed by atoms with Gasteiger partial charge in [0.15, 0.2) is 32.5 Å². The molecule has 3 fully saturated rings. The molecule has 7 atom stereocenters.